The van der Waals surface area contributed by atoms with Crippen LogP contribution in [0.4, 0.5) is 17.1 Å². The first-order valence-corrected chi connectivity index (χ1v) is 9.54. The fourth-order valence-electron chi connectivity index (χ4n) is 3.07. The molecule has 0 spiro atoms. The Bertz CT molecular complexity index is 1060. The number of methoxy groups -OCH3 is 1. The molecular weight excluding hydrogens is 392 g/mol. The number of ether oxygens (including phenoxy) is 2. The van der Waals surface area contributed by atoms with Crippen LogP contribution >= 0.6 is 11.8 Å². The molecule has 3 aromatic rings. The lowest BCUT2D eigenvalue weighted by Gasteiger charge is -2.30. The monoisotopic (exact) mass is 408 g/mol. The van der Waals surface area contributed by atoms with Crippen molar-refractivity contribution >= 4 is 34.7 Å². The molecule has 7 nitrogen and oxygen atoms in total. The highest BCUT2D eigenvalue weighted by atomic mass is 32.2. The molecule has 1 aliphatic rings. The molecule has 0 saturated heterocycles. The van der Waals surface area contributed by atoms with Gasteiger partial charge in [-0.1, -0.05) is 36.0 Å². The lowest BCUT2D eigenvalue weighted by Crippen LogP contribution is -2.32. The van der Waals surface area contributed by atoms with Crippen molar-refractivity contribution in [3.8, 4) is 11.5 Å². The Balaban J connectivity index is 1.63. The summed E-state index contributed by atoms with van der Waals surface area (Å²) in [6.45, 7) is -0.347. The van der Waals surface area contributed by atoms with Crippen molar-refractivity contribution < 1.29 is 19.2 Å². The number of nitro groups is 1. The summed E-state index contributed by atoms with van der Waals surface area (Å²) in [5.74, 6) is 0.0266. The highest BCUT2D eigenvalue weighted by Gasteiger charge is 2.28. The molecule has 0 aliphatic carbocycles. The minimum Gasteiger partial charge on any atom is -0.496 e. The van der Waals surface area contributed by atoms with Crippen LogP contribution in [0.3, 0.4) is 0 Å². The molecule has 0 saturated carbocycles. The maximum absolute atomic E-state index is 13.1. The van der Waals surface area contributed by atoms with Crippen LogP contribution < -0.4 is 14.4 Å². The van der Waals surface area contributed by atoms with Gasteiger partial charge in [0.25, 0.3) is 5.91 Å². The van der Waals surface area contributed by atoms with E-state index in [1.807, 2.05) is 48.5 Å². The average Bonchev–Trinajstić information content (AvgIpc) is 2.75. The van der Waals surface area contributed by atoms with Crippen LogP contribution in [0.1, 0.15) is 0 Å². The number of benzene rings is 3. The van der Waals surface area contributed by atoms with Crippen molar-refractivity contribution in [3.63, 3.8) is 0 Å². The molecule has 0 bridgehead atoms. The van der Waals surface area contributed by atoms with E-state index < -0.39 is 4.92 Å². The molecule has 146 valence electrons. The zero-order chi connectivity index (χ0) is 20.4. The fraction of sp³-hybridized carbons (Fsp3) is 0.0952. The van der Waals surface area contributed by atoms with E-state index in [9.17, 15) is 14.9 Å². The maximum atomic E-state index is 13.1. The third-order valence-electron chi connectivity index (χ3n) is 4.40. The lowest BCUT2D eigenvalue weighted by atomic mass is 10.2. The van der Waals surface area contributed by atoms with Gasteiger partial charge in [-0.15, -0.1) is 0 Å². The standard InChI is InChI=1S/C21H16N2O5S/c1-27-14-10-11-18(17(12-14)23(25)26)28-13-21(24)22-15-6-2-4-8-19(15)29-20-9-5-3-7-16(20)22/h2-12H,13H2,1H3. The van der Waals surface area contributed by atoms with Gasteiger partial charge in [-0.3, -0.25) is 19.8 Å². The molecule has 0 fully saturated rings. The topological polar surface area (TPSA) is 81.9 Å². The predicted molar refractivity (Wildman–Crippen MR) is 109 cm³/mol. The van der Waals surface area contributed by atoms with Gasteiger partial charge in [-0.2, -0.15) is 0 Å². The zero-order valence-electron chi connectivity index (χ0n) is 15.4. The number of fused-ring (bicyclic) bond motifs is 2. The van der Waals surface area contributed by atoms with Crippen LogP contribution in [-0.2, 0) is 4.79 Å². The Morgan fingerprint density at radius 3 is 2.24 bits per heavy atom. The quantitative estimate of drug-likeness (QED) is 0.445. The molecule has 3 aromatic carbocycles. The molecule has 0 aromatic heterocycles. The molecular formula is C21H16N2O5S. The second kappa shape index (κ2) is 7.84. The third-order valence-corrected chi connectivity index (χ3v) is 5.53. The van der Waals surface area contributed by atoms with Crippen molar-refractivity contribution in [1.82, 2.24) is 0 Å². The van der Waals surface area contributed by atoms with E-state index in [4.69, 9.17) is 9.47 Å². The van der Waals surface area contributed by atoms with Gasteiger partial charge >= 0.3 is 5.69 Å². The number of amides is 1. The summed E-state index contributed by atoms with van der Waals surface area (Å²) in [6, 6.07) is 19.4. The first-order chi connectivity index (χ1) is 14.1. The van der Waals surface area contributed by atoms with Crippen molar-refractivity contribution in [1.29, 1.82) is 0 Å². The number of nitrogens with zero attached hydrogens (tertiary/aromatic N) is 2. The molecule has 4 rings (SSSR count). The summed E-state index contributed by atoms with van der Waals surface area (Å²) in [6.07, 6.45) is 0. The summed E-state index contributed by atoms with van der Waals surface area (Å²) >= 11 is 1.59. The summed E-state index contributed by atoms with van der Waals surface area (Å²) in [5.41, 5.74) is 1.26. The molecule has 0 N–H and O–H groups in total. The van der Waals surface area contributed by atoms with E-state index >= 15 is 0 Å². The Hall–Kier alpha value is -3.52. The minimum absolute atomic E-state index is 0.0112. The van der Waals surface area contributed by atoms with Gasteiger partial charge in [0.05, 0.1) is 29.5 Å². The SMILES string of the molecule is COc1ccc(OCC(=O)N2c3ccccc3Sc3ccccc32)c([N+](=O)[O-])c1. The summed E-state index contributed by atoms with van der Waals surface area (Å²) < 4.78 is 10.6. The molecule has 1 heterocycles. The normalized spacial score (nSPS) is 12.0. The van der Waals surface area contributed by atoms with Gasteiger partial charge in [-0.25, -0.2) is 0 Å². The summed E-state index contributed by atoms with van der Waals surface area (Å²) in [4.78, 5) is 27.4. The van der Waals surface area contributed by atoms with Crippen LogP contribution in [0.15, 0.2) is 76.5 Å². The number of carbonyl (C=O) groups excluding carboxylic acids is 1. The van der Waals surface area contributed by atoms with E-state index in [1.165, 1.54) is 19.2 Å². The van der Waals surface area contributed by atoms with Gasteiger partial charge in [0.2, 0.25) is 0 Å². The van der Waals surface area contributed by atoms with Crippen molar-refractivity contribution in [2.45, 2.75) is 9.79 Å². The number of anilines is 2. The number of carbonyl (C=O) groups is 1. The Morgan fingerprint density at radius 2 is 1.66 bits per heavy atom. The van der Waals surface area contributed by atoms with E-state index in [2.05, 4.69) is 0 Å². The van der Waals surface area contributed by atoms with E-state index in [0.717, 1.165) is 21.2 Å². The summed E-state index contributed by atoms with van der Waals surface area (Å²) in [7, 11) is 1.42. The van der Waals surface area contributed by atoms with Crippen LogP contribution in [-0.4, -0.2) is 24.5 Å². The molecule has 29 heavy (non-hydrogen) atoms. The van der Waals surface area contributed by atoms with Gasteiger partial charge < -0.3 is 9.47 Å². The smallest absolute Gasteiger partial charge is 0.314 e. The van der Waals surface area contributed by atoms with E-state index in [1.54, 1.807) is 22.7 Å². The van der Waals surface area contributed by atoms with Crippen LogP contribution in [0.5, 0.6) is 11.5 Å². The van der Waals surface area contributed by atoms with Gasteiger partial charge in [-0.05, 0) is 36.4 Å². The van der Waals surface area contributed by atoms with Crippen molar-refractivity contribution in [3.05, 3.63) is 76.8 Å². The van der Waals surface area contributed by atoms with Gasteiger partial charge in [0.15, 0.2) is 12.4 Å². The minimum atomic E-state index is -0.565. The first-order valence-electron chi connectivity index (χ1n) is 8.72. The van der Waals surface area contributed by atoms with Gasteiger partial charge in [0, 0.05) is 9.79 Å². The Kier molecular flexibility index (Phi) is 5.09. The van der Waals surface area contributed by atoms with Gasteiger partial charge in [0.1, 0.15) is 5.75 Å². The van der Waals surface area contributed by atoms with Crippen LogP contribution in [0, 0.1) is 10.1 Å². The van der Waals surface area contributed by atoms with E-state index in [-0.39, 0.29) is 24.0 Å². The van der Waals surface area contributed by atoms with Crippen LogP contribution in [0.25, 0.3) is 0 Å². The average molecular weight is 408 g/mol. The fourth-order valence-corrected chi connectivity index (χ4v) is 4.12. The van der Waals surface area contributed by atoms with Crippen molar-refractivity contribution in [2.75, 3.05) is 18.6 Å². The first kappa shape index (κ1) is 18.8. The van der Waals surface area contributed by atoms with Crippen molar-refractivity contribution in [2.24, 2.45) is 0 Å². The highest BCUT2D eigenvalue weighted by molar-refractivity contribution is 7.99. The van der Waals surface area contributed by atoms with Crippen LogP contribution in [0.2, 0.25) is 0 Å². The number of hydrogen-bond acceptors (Lipinski definition) is 6. The number of rotatable bonds is 5. The molecule has 0 unspecified atom stereocenters. The molecule has 0 atom stereocenters. The second-order valence-electron chi connectivity index (χ2n) is 6.15. The third kappa shape index (κ3) is 3.62. The molecule has 1 aliphatic heterocycles. The largest absolute Gasteiger partial charge is 0.496 e. The zero-order valence-corrected chi connectivity index (χ0v) is 16.2. The predicted octanol–water partition coefficient (Wildman–Crippen LogP) is 4.81. The number of para-hydroxylation sites is 2. The second-order valence-corrected chi connectivity index (χ2v) is 7.23. The number of hydrogen-bond donors (Lipinski definition) is 0. The maximum Gasteiger partial charge on any atom is 0.314 e. The number of nitro benzene ring substituents is 1. The molecule has 1 amide bonds. The molecule has 8 heteroatoms. The highest BCUT2D eigenvalue weighted by Crippen LogP contribution is 2.47. The van der Waals surface area contributed by atoms with E-state index in [0.29, 0.717) is 5.75 Å². The summed E-state index contributed by atoms with van der Waals surface area (Å²) in [5, 5.41) is 11.3. The Labute approximate surface area is 171 Å². The molecule has 0 radical (unpaired) electrons. The lowest BCUT2D eigenvalue weighted by molar-refractivity contribution is -0.385. The Morgan fingerprint density at radius 1 is 1.03 bits per heavy atom.